The Balaban J connectivity index is 0.000000221. The van der Waals surface area contributed by atoms with Crippen molar-refractivity contribution >= 4 is 11.6 Å². The Morgan fingerprint density at radius 3 is 2.38 bits per heavy atom. The number of nitrogens with one attached hydrogen (secondary N) is 1. The van der Waals surface area contributed by atoms with Gasteiger partial charge >= 0.3 is 0 Å². The first-order chi connectivity index (χ1) is 7.36. The molecule has 1 aliphatic heterocycles. The highest BCUT2D eigenvalue weighted by Crippen LogP contribution is 2.25. The van der Waals surface area contributed by atoms with Gasteiger partial charge in [0.25, 0.3) is 5.91 Å². The molecule has 0 bridgehead atoms. The first kappa shape index (κ1) is 12.6. The Hall–Kier alpha value is -1.51. The van der Waals surface area contributed by atoms with Gasteiger partial charge in [0.15, 0.2) is 6.61 Å². The van der Waals surface area contributed by atoms with E-state index in [9.17, 15) is 4.79 Å². The molecule has 1 amide bonds. The Labute approximate surface area is 96.8 Å². The summed E-state index contributed by atoms with van der Waals surface area (Å²) >= 11 is 0. The summed E-state index contributed by atoms with van der Waals surface area (Å²) in [5.74, 6) is 0.649. The van der Waals surface area contributed by atoms with Gasteiger partial charge in [-0.3, -0.25) is 4.79 Å². The summed E-state index contributed by atoms with van der Waals surface area (Å²) in [6.07, 6.45) is 0. The zero-order chi connectivity index (χ0) is 12.2. The van der Waals surface area contributed by atoms with E-state index in [1.54, 1.807) is 0 Å². The predicted octanol–water partition coefficient (Wildman–Crippen LogP) is 3.07. The monoisotopic (exact) mass is 221 g/mol. The number of hydrogen-bond acceptors (Lipinski definition) is 2. The van der Waals surface area contributed by atoms with Gasteiger partial charge in [-0.05, 0) is 17.5 Å². The minimum atomic E-state index is -0.0938. The fourth-order valence-corrected chi connectivity index (χ4v) is 1.03. The number of carbonyl (C=O) groups is 1. The smallest absolute Gasteiger partial charge is 0.262 e. The molecule has 1 aliphatic rings. The van der Waals surface area contributed by atoms with Crippen molar-refractivity contribution in [3.63, 3.8) is 0 Å². The number of para-hydroxylation sites is 2. The summed E-state index contributed by atoms with van der Waals surface area (Å²) in [4.78, 5) is 10.8. The van der Waals surface area contributed by atoms with Crippen LogP contribution in [0.5, 0.6) is 5.75 Å². The van der Waals surface area contributed by atoms with Crippen LogP contribution >= 0.6 is 0 Å². The van der Waals surface area contributed by atoms with Gasteiger partial charge in [0.1, 0.15) is 5.75 Å². The lowest BCUT2D eigenvalue weighted by molar-refractivity contribution is -0.118. The standard InChI is InChI=1S/C8H7NO2.C5H12/c10-8-5-11-7-4-2-1-3-6(7)9-8;1-5(2,3)4/h1-4H,5H2,(H,9,10);1-4H3. The number of hydrogen-bond donors (Lipinski definition) is 1. The molecule has 1 heterocycles. The first-order valence-electron chi connectivity index (χ1n) is 5.38. The zero-order valence-electron chi connectivity index (χ0n) is 10.3. The molecule has 0 unspecified atom stereocenters. The van der Waals surface area contributed by atoms with Crippen LogP contribution < -0.4 is 10.1 Å². The Morgan fingerprint density at radius 1 is 1.19 bits per heavy atom. The summed E-state index contributed by atoms with van der Waals surface area (Å²) in [5, 5.41) is 2.70. The minimum absolute atomic E-state index is 0.0938. The molecule has 3 nitrogen and oxygen atoms in total. The van der Waals surface area contributed by atoms with Crippen molar-refractivity contribution in [2.75, 3.05) is 11.9 Å². The average Bonchev–Trinajstić information content (AvgIpc) is 2.15. The highest BCUT2D eigenvalue weighted by atomic mass is 16.5. The van der Waals surface area contributed by atoms with Gasteiger partial charge in [0.2, 0.25) is 0 Å². The van der Waals surface area contributed by atoms with Crippen LogP contribution in [0.2, 0.25) is 0 Å². The topological polar surface area (TPSA) is 38.3 Å². The molecule has 0 saturated heterocycles. The molecule has 0 radical (unpaired) electrons. The van der Waals surface area contributed by atoms with Crippen LogP contribution in [0, 0.1) is 5.41 Å². The molecule has 0 saturated carbocycles. The number of rotatable bonds is 0. The average molecular weight is 221 g/mol. The van der Waals surface area contributed by atoms with Crippen LogP contribution in [0.3, 0.4) is 0 Å². The van der Waals surface area contributed by atoms with Crippen molar-refractivity contribution in [1.29, 1.82) is 0 Å². The third-order valence-electron chi connectivity index (χ3n) is 1.52. The predicted molar refractivity (Wildman–Crippen MR) is 65.7 cm³/mol. The van der Waals surface area contributed by atoms with E-state index in [-0.39, 0.29) is 12.5 Å². The van der Waals surface area contributed by atoms with E-state index in [2.05, 4.69) is 33.0 Å². The second-order valence-corrected chi connectivity index (χ2v) is 5.33. The van der Waals surface area contributed by atoms with E-state index >= 15 is 0 Å². The molecule has 0 aliphatic carbocycles. The van der Waals surface area contributed by atoms with E-state index < -0.39 is 0 Å². The second-order valence-electron chi connectivity index (χ2n) is 5.33. The maximum atomic E-state index is 10.8. The maximum absolute atomic E-state index is 10.8. The normalized spacial score (nSPS) is 13.9. The number of anilines is 1. The molecule has 1 aromatic carbocycles. The van der Waals surface area contributed by atoms with Crippen LogP contribution in [-0.2, 0) is 4.79 Å². The summed E-state index contributed by atoms with van der Waals surface area (Å²) in [6.45, 7) is 8.87. The maximum Gasteiger partial charge on any atom is 0.262 e. The van der Waals surface area contributed by atoms with Crippen LogP contribution in [0.15, 0.2) is 24.3 Å². The molecule has 1 N–H and O–H groups in total. The van der Waals surface area contributed by atoms with Crippen LogP contribution in [0.1, 0.15) is 27.7 Å². The van der Waals surface area contributed by atoms with Gasteiger partial charge in [-0.25, -0.2) is 0 Å². The fraction of sp³-hybridized carbons (Fsp3) is 0.462. The second kappa shape index (κ2) is 5.01. The molecule has 3 heteroatoms. The highest BCUT2D eigenvalue weighted by Gasteiger charge is 2.13. The molecule has 88 valence electrons. The highest BCUT2D eigenvalue weighted by molar-refractivity contribution is 5.95. The molecule has 0 fully saturated rings. The van der Waals surface area contributed by atoms with Crippen molar-refractivity contribution in [2.45, 2.75) is 27.7 Å². The molecule has 1 aromatic rings. The van der Waals surface area contributed by atoms with Crippen molar-refractivity contribution in [2.24, 2.45) is 5.41 Å². The summed E-state index contributed by atoms with van der Waals surface area (Å²) in [6, 6.07) is 7.37. The number of amides is 1. The van der Waals surface area contributed by atoms with Gasteiger partial charge in [0, 0.05) is 0 Å². The van der Waals surface area contributed by atoms with E-state index in [0.717, 1.165) is 11.4 Å². The van der Waals surface area contributed by atoms with Gasteiger partial charge in [-0.15, -0.1) is 0 Å². The van der Waals surface area contributed by atoms with Crippen LogP contribution in [0.4, 0.5) is 5.69 Å². The Bertz CT molecular complexity index is 360. The van der Waals surface area contributed by atoms with E-state index in [0.29, 0.717) is 5.41 Å². The summed E-state index contributed by atoms with van der Waals surface area (Å²) in [5.41, 5.74) is 1.25. The zero-order valence-corrected chi connectivity index (χ0v) is 10.3. The Kier molecular flexibility index (Phi) is 3.93. The van der Waals surface area contributed by atoms with Crippen LogP contribution in [-0.4, -0.2) is 12.5 Å². The van der Waals surface area contributed by atoms with E-state index in [1.165, 1.54) is 0 Å². The molecule has 0 spiro atoms. The quantitative estimate of drug-likeness (QED) is 0.731. The van der Waals surface area contributed by atoms with Crippen LogP contribution in [0.25, 0.3) is 0 Å². The SMILES string of the molecule is CC(C)(C)C.O=C1COc2ccccc2N1. The molecular formula is C13H19NO2. The van der Waals surface area contributed by atoms with Gasteiger partial charge in [-0.2, -0.15) is 0 Å². The van der Waals surface area contributed by atoms with Gasteiger partial charge in [-0.1, -0.05) is 39.8 Å². The van der Waals surface area contributed by atoms with Crippen molar-refractivity contribution in [1.82, 2.24) is 0 Å². The third kappa shape index (κ3) is 4.82. The fourth-order valence-electron chi connectivity index (χ4n) is 1.03. The lowest BCUT2D eigenvalue weighted by Gasteiger charge is -2.16. The van der Waals surface area contributed by atoms with Crippen molar-refractivity contribution in [3.05, 3.63) is 24.3 Å². The lowest BCUT2D eigenvalue weighted by Crippen LogP contribution is -2.25. The van der Waals surface area contributed by atoms with E-state index in [1.807, 2.05) is 24.3 Å². The van der Waals surface area contributed by atoms with Gasteiger partial charge in [0.05, 0.1) is 5.69 Å². The first-order valence-corrected chi connectivity index (χ1v) is 5.38. The number of fused-ring (bicyclic) bond motifs is 1. The lowest BCUT2D eigenvalue weighted by atomic mass is 10.0. The summed E-state index contributed by atoms with van der Waals surface area (Å²) < 4.78 is 5.12. The third-order valence-corrected chi connectivity index (χ3v) is 1.52. The summed E-state index contributed by atoms with van der Waals surface area (Å²) in [7, 11) is 0. The number of ether oxygens (including phenoxy) is 1. The number of carbonyl (C=O) groups excluding carboxylic acids is 1. The Morgan fingerprint density at radius 2 is 1.75 bits per heavy atom. The molecule has 2 rings (SSSR count). The van der Waals surface area contributed by atoms with Crippen molar-refractivity contribution in [3.8, 4) is 5.75 Å². The number of benzene rings is 1. The van der Waals surface area contributed by atoms with Crippen molar-refractivity contribution < 1.29 is 9.53 Å². The van der Waals surface area contributed by atoms with E-state index in [4.69, 9.17) is 4.74 Å². The molecule has 16 heavy (non-hydrogen) atoms. The molecule has 0 atom stereocenters. The van der Waals surface area contributed by atoms with Gasteiger partial charge < -0.3 is 10.1 Å². The minimum Gasteiger partial charge on any atom is -0.482 e. The largest absolute Gasteiger partial charge is 0.482 e. The molecular weight excluding hydrogens is 202 g/mol. The molecule has 0 aromatic heterocycles.